The molecule has 11 heteroatoms. The molecule has 1 fully saturated rings. The molecule has 0 saturated carbocycles. The third-order valence-electron chi connectivity index (χ3n) is 8.02. The first-order valence-corrected chi connectivity index (χ1v) is 16.3. The number of nitrogens with one attached hydrogen (secondary N) is 1. The van der Waals surface area contributed by atoms with E-state index in [4.69, 9.17) is 21.1 Å². The van der Waals surface area contributed by atoms with Crippen LogP contribution in [0.3, 0.4) is 0 Å². The number of halogens is 2. The van der Waals surface area contributed by atoms with Crippen molar-refractivity contribution in [1.82, 2.24) is 10.2 Å². The van der Waals surface area contributed by atoms with E-state index in [0.717, 1.165) is 36.9 Å². The molecule has 3 aromatic rings. The Kier molecular flexibility index (Phi) is 9.31. The lowest BCUT2D eigenvalue weighted by Crippen LogP contribution is -2.45. The number of ether oxygens (including phenoxy) is 2. The normalized spacial score (nSPS) is 19.4. The number of carbonyl (C=O) groups is 1. The summed E-state index contributed by atoms with van der Waals surface area (Å²) in [6.45, 7) is 7.99. The Morgan fingerprint density at radius 2 is 1.79 bits per heavy atom. The molecule has 1 atom stereocenters. The van der Waals surface area contributed by atoms with Gasteiger partial charge in [-0.2, -0.15) is 0 Å². The Morgan fingerprint density at radius 3 is 2.49 bits per heavy atom. The van der Waals surface area contributed by atoms with Crippen LogP contribution in [0.5, 0.6) is 11.5 Å². The van der Waals surface area contributed by atoms with Crippen LogP contribution in [0.4, 0.5) is 10.1 Å². The lowest BCUT2D eigenvalue weighted by molar-refractivity contribution is -0.121. The summed E-state index contributed by atoms with van der Waals surface area (Å²) in [6, 6.07) is 15.0. The van der Waals surface area contributed by atoms with Crippen LogP contribution < -0.4 is 19.1 Å². The summed E-state index contributed by atoms with van der Waals surface area (Å²) in [6.07, 6.45) is 1.61. The molecule has 0 bridgehead atoms. The van der Waals surface area contributed by atoms with E-state index in [1.807, 2.05) is 13.8 Å². The van der Waals surface area contributed by atoms with E-state index in [1.165, 1.54) is 31.4 Å². The van der Waals surface area contributed by atoms with Crippen LogP contribution in [0, 0.1) is 5.82 Å². The molecule has 2 aliphatic heterocycles. The number of carbonyl (C=O) groups excluding carboxylic acids is 1. The number of hydrogen-bond acceptors (Lipinski definition) is 7. The summed E-state index contributed by atoms with van der Waals surface area (Å²) in [5.41, 5.74) is -1.10. The average molecular weight is 630 g/mol. The van der Waals surface area contributed by atoms with Gasteiger partial charge in [-0.15, -0.1) is 0 Å². The van der Waals surface area contributed by atoms with Gasteiger partial charge in [-0.1, -0.05) is 29.8 Å². The fourth-order valence-electron chi connectivity index (χ4n) is 6.05. The first-order chi connectivity index (χ1) is 20.6. The van der Waals surface area contributed by atoms with Gasteiger partial charge in [-0.3, -0.25) is 4.79 Å². The zero-order chi connectivity index (χ0) is 30.8. The van der Waals surface area contributed by atoms with Crippen LogP contribution >= 0.6 is 11.6 Å². The quantitative estimate of drug-likeness (QED) is 0.323. The van der Waals surface area contributed by atoms with E-state index in [1.54, 1.807) is 36.4 Å². The highest BCUT2D eigenvalue weighted by Gasteiger charge is 2.57. The molecule has 0 radical (unpaired) electrons. The Bertz CT molecular complexity index is 1580. The maximum Gasteiger partial charge on any atom is 0.270 e. The molecule has 2 aliphatic rings. The number of nitrogens with zero attached hydrogens (tertiary/aromatic N) is 2. The van der Waals surface area contributed by atoms with Gasteiger partial charge in [-0.05, 0) is 94.7 Å². The minimum atomic E-state index is -4.44. The number of methoxy groups -OCH3 is 1. The zero-order valence-corrected chi connectivity index (χ0v) is 26.2. The molecule has 3 aromatic carbocycles. The first kappa shape index (κ1) is 31.3. The summed E-state index contributed by atoms with van der Waals surface area (Å²) in [7, 11) is -3.02. The number of sulfonamides is 1. The van der Waals surface area contributed by atoms with E-state index in [0.29, 0.717) is 24.3 Å². The number of rotatable bonds is 10. The van der Waals surface area contributed by atoms with Gasteiger partial charge in [0.15, 0.2) is 0 Å². The van der Waals surface area contributed by atoms with Crippen molar-refractivity contribution in [2.24, 2.45) is 0 Å². The summed E-state index contributed by atoms with van der Waals surface area (Å²) < 4.78 is 56.2. The molecule has 8 nitrogen and oxygen atoms in total. The van der Waals surface area contributed by atoms with Crippen LogP contribution in [0.1, 0.15) is 44.2 Å². The van der Waals surface area contributed by atoms with E-state index in [-0.39, 0.29) is 39.4 Å². The molecular formula is C32H37ClFN3O5S. The van der Waals surface area contributed by atoms with Gasteiger partial charge >= 0.3 is 0 Å². The smallest absolute Gasteiger partial charge is 0.270 e. The monoisotopic (exact) mass is 629 g/mol. The molecule has 1 unspecified atom stereocenters. The summed E-state index contributed by atoms with van der Waals surface area (Å²) in [5.74, 6) is -0.644. The van der Waals surface area contributed by atoms with Crippen molar-refractivity contribution >= 4 is 33.2 Å². The van der Waals surface area contributed by atoms with Gasteiger partial charge in [0.25, 0.3) is 15.9 Å². The minimum absolute atomic E-state index is 0.0935. The maximum absolute atomic E-state index is 15.7. The standard InChI is InChI=1S/C32H37ClFN3O5S/c1-22(2)42-23-10-12-24(13-11-23)43(39,40)37-29-21-30(41-3)27(33)20-26(29)32(31(37)38,25-8-4-5-9-28(25)34)14-6-17-36-18-7-15-35-16-19-36/h4-5,8-13,20-22,35H,6-7,14-19H2,1-3H3. The number of amides is 1. The largest absolute Gasteiger partial charge is 0.495 e. The van der Waals surface area contributed by atoms with Crippen molar-refractivity contribution < 1.29 is 27.1 Å². The van der Waals surface area contributed by atoms with Crippen LogP contribution in [-0.4, -0.2) is 65.2 Å². The SMILES string of the molecule is COc1cc2c(cc1Cl)C(CCCN1CCCNCC1)(c1ccccc1F)C(=O)N2S(=O)(=O)c1ccc(OC(C)C)cc1. The molecule has 0 spiro atoms. The summed E-state index contributed by atoms with van der Waals surface area (Å²) >= 11 is 6.59. The summed E-state index contributed by atoms with van der Waals surface area (Å²) in [4.78, 5) is 17.0. The highest BCUT2D eigenvalue weighted by Crippen LogP contribution is 2.53. The first-order valence-electron chi connectivity index (χ1n) is 14.5. The van der Waals surface area contributed by atoms with E-state index < -0.39 is 27.2 Å². The van der Waals surface area contributed by atoms with E-state index in [2.05, 4.69) is 10.2 Å². The third-order valence-corrected chi connectivity index (χ3v) is 10.0. The lowest BCUT2D eigenvalue weighted by Gasteiger charge is -2.31. The van der Waals surface area contributed by atoms with E-state index in [9.17, 15) is 13.2 Å². The van der Waals surface area contributed by atoms with Gasteiger partial charge in [0, 0.05) is 24.7 Å². The Hall–Kier alpha value is -3.18. The molecule has 1 saturated heterocycles. The van der Waals surface area contributed by atoms with Crippen LogP contribution in [-0.2, 0) is 20.2 Å². The van der Waals surface area contributed by atoms with Crippen molar-refractivity contribution in [3.05, 3.63) is 82.6 Å². The number of benzene rings is 3. The fourth-order valence-corrected chi connectivity index (χ4v) is 7.77. The van der Waals surface area contributed by atoms with Crippen molar-refractivity contribution in [2.45, 2.75) is 49.5 Å². The molecule has 5 rings (SSSR count). The Balaban J connectivity index is 1.64. The zero-order valence-electron chi connectivity index (χ0n) is 24.6. The Morgan fingerprint density at radius 1 is 1.05 bits per heavy atom. The molecule has 2 heterocycles. The highest BCUT2D eigenvalue weighted by molar-refractivity contribution is 7.93. The predicted octanol–water partition coefficient (Wildman–Crippen LogP) is 5.37. The number of hydrogen-bond donors (Lipinski definition) is 1. The summed E-state index contributed by atoms with van der Waals surface area (Å²) in [5, 5.41) is 3.58. The van der Waals surface area contributed by atoms with Crippen molar-refractivity contribution in [1.29, 1.82) is 0 Å². The van der Waals surface area contributed by atoms with Crippen molar-refractivity contribution in [3.63, 3.8) is 0 Å². The van der Waals surface area contributed by atoms with Crippen LogP contribution in [0.2, 0.25) is 5.02 Å². The molecule has 230 valence electrons. The molecule has 1 amide bonds. The second-order valence-corrected chi connectivity index (χ2v) is 13.3. The maximum atomic E-state index is 15.7. The highest BCUT2D eigenvalue weighted by atomic mass is 35.5. The van der Waals surface area contributed by atoms with Gasteiger partial charge < -0.3 is 19.7 Å². The fraction of sp³-hybridized carbons (Fsp3) is 0.406. The molecule has 1 N–H and O–H groups in total. The van der Waals surface area contributed by atoms with Gasteiger partial charge in [-0.25, -0.2) is 17.1 Å². The van der Waals surface area contributed by atoms with Crippen molar-refractivity contribution in [3.8, 4) is 11.5 Å². The third kappa shape index (κ3) is 5.98. The van der Waals surface area contributed by atoms with E-state index >= 15 is 4.39 Å². The molecular weight excluding hydrogens is 593 g/mol. The average Bonchev–Trinajstić information content (AvgIpc) is 3.11. The second-order valence-electron chi connectivity index (χ2n) is 11.2. The van der Waals surface area contributed by atoms with Gasteiger partial charge in [0.05, 0.1) is 28.8 Å². The van der Waals surface area contributed by atoms with Crippen LogP contribution in [0.25, 0.3) is 0 Å². The van der Waals surface area contributed by atoms with Gasteiger partial charge in [0.1, 0.15) is 22.7 Å². The van der Waals surface area contributed by atoms with Gasteiger partial charge in [0.2, 0.25) is 0 Å². The van der Waals surface area contributed by atoms with Crippen molar-refractivity contribution in [2.75, 3.05) is 44.1 Å². The predicted molar refractivity (Wildman–Crippen MR) is 165 cm³/mol. The minimum Gasteiger partial charge on any atom is -0.495 e. The number of fused-ring (bicyclic) bond motifs is 1. The molecule has 0 aromatic heterocycles. The lowest BCUT2D eigenvalue weighted by atomic mass is 9.72. The topological polar surface area (TPSA) is 88.2 Å². The Labute approximate surface area is 257 Å². The second kappa shape index (κ2) is 12.8. The molecule has 0 aliphatic carbocycles. The number of anilines is 1. The molecule has 43 heavy (non-hydrogen) atoms. The van der Waals surface area contributed by atoms with Crippen LogP contribution in [0.15, 0.2) is 65.6 Å².